The van der Waals surface area contributed by atoms with Crippen molar-refractivity contribution in [2.24, 2.45) is 0 Å². The lowest BCUT2D eigenvalue weighted by Crippen LogP contribution is -2.15. The van der Waals surface area contributed by atoms with Crippen molar-refractivity contribution in [3.05, 3.63) is 36.4 Å². The third kappa shape index (κ3) is 3.42. The van der Waals surface area contributed by atoms with Gasteiger partial charge >= 0.3 is 5.97 Å². The summed E-state index contributed by atoms with van der Waals surface area (Å²) in [5, 5.41) is 22.4. The van der Waals surface area contributed by atoms with E-state index in [0.29, 0.717) is 11.1 Å². The highest BCUT2D eigenvalue weighted by atomic mass is 32.2. The Hall–Kier alpha value is -2.21. The first kappa shape index (κ1) is 14.2. The number of amides is 1. The fourth-order valence-corrected chi connectivity index (χ4v) is 2.35. The van der Waals surface area contributed by atoms with E-state index in [4.69, 9.17) is 5.11 Å². The molecule has 6 heteroatoms. The number of thioether (sulfide) groups is 1. The molecule has 104 valence electrons. The molecule has 0 aliphatic rings. The summed E-state index contributed by atoms with van der Waals surface area (Å²) < 4.78 is 0. The number of hydrogen-bond donors (Lipinski definition) is 3. The molecule has 0 aliphatic carbocycles. The van der Waals surface area contributed by atoms with E-state index in [-0.39, 0.29) is 23.2 Å². The molecule has 0 aromatic heterocycles. The van der Waals surface area contributed by atoms with Crippen molar-refractivity contribution in [1.82, 2.24) is 0 Å². The van der Waals surface area contributed by atoms with Gasteiger partial charge < -0.3 is 15.5 Å². The lowest BCUT2D eigenvalue weighted by Gasteiger charge is -2.09. The largest absolute Gasteiger partial charge is 0.507 e. The normalized spacial score (nSPS) is 10.4. The number of fused-ring (bicyclic) bond motifs is 1. The molecular formula is C14H13NO4S. The molecule has 1 amide bonds. The molecule has 3 N–H and O–H groups in total. The number of benzene rings is 2. The van der Waals surface area contributed by atoms with E-state index in [0.717, 1.165) is 17.1 Å². The summed E-state index contributed by atoms with van der Waals surface area (Å²) in [5.74, 6) is -1.10. The standard InChI is InChI=1S/C14H13NO4S/c16-12-6-2-3-9-10(12)4-1-5-11(9)15-13(17)7-20-8-14(18)19/h1-6,16H,7-8H2,(H,15,17)(H,18,19). The molecule has 2 rings (SSSR count). The summed E-state index contributed by atoms with van der Waals surface area (Å²) >= 11 is 1.04. The van der Waals surface area contributed by atoms with E-state index in [1.807, 2.05) is 0 Å². The average molecular weight is 291 g/mol. The molecule has 0 heterocycles. The summed E-state index contributed by atoms with van der Waals surface area (Å²) in [6.45, 7) is 0. The average Bonchev–Trinajstić information content (AvgIpc) is 2.39. The molecule has 0 unspecified atom stereocenters. The first-order valence-electron chi connectivity index (χ1n) is 5.88. The highest BCUT2D eigenvalue weighted by molar-refractivity contribution is 8.00. The van der Waals surface area contributed by atoms with Crippen LogP contribution in [0.4, 0.5) is 5.69 Å². The number of aromatic hydroxyl groups is 1. The Morgan fingerprint density at radius 2 is 1.75 bits per heavy atom. The number of aliphatic carboxylic acids is 1. The van der Waals surface area contributed by atoms with Crippen LogP contribution in [0.3, 0.4) is 0 Å². The number of hydrogen-bond acceptors (Lipinski definition) is 4. The maximum Gasteiger partial charge on any atom is 0.313 e. The predicted molar refractivity (Wildman–Crippen MR) is 79.2 cm³/mol. The van der Waals surface area contributed by atoms with Crippen LogP contribution in [-0.2, 0) is 9.59 Å². The number of phenolic OH excluding ortho intramolecular Hbond substituents is 1. The summed E-state index contributed by atoms with van der Waals surface area (Å²) in [5.41, 5.74) is 0.597. The zero-order valence-electron chi connectivity index (χ0n) is 10.5. The molecule has 0 atom stereocenters. The van der Waals surface area contributed by atoms with E-state index >= 15 is 0 Å². The number of anilines is 1. The lowest BCUT2D eigenvalue weighted by atomic mass is 10.1. The van der Waals surface area contributed by atoms with Crippen molar-refractivity contribution in [2.75, 3.05) is 16.8 Å². The van der Waals surface area contributed by atoms with Crippen molar-refractivity contribution >= 4 is 40.1 Å². The topological polar surface area (TPSA) is 86.6 Å². The van der Waals surface area contributed by atoms with Gasteiger partial charge in [-0.25, -0.2) is 0 Å². The van der Waals surface area contributed by atoms with Gasteiger partial charge in [0.15, 0.2) is 0 Å². The van der Waals surface area contributed by atoms with Crippen molar-refractivity contribution in [1.29, 1.82) is 0 Å². The highest BCUT2D eigenvalue weighted by Gasteiger charge is 2.08. The lowest BCUT2D eigenvalue weighted by molar-refractivity contribution is -0.133. The Morgan fingerprint density at radius 3 is 2.50 bits per heavy atom. The van der Waals surface area contributed by atoms with E-state index in [2.05, 4.69) is 5.32 Å². The Labute approximate surface area is 119 Å². The number of carboxylic acids is 1. The summed E-state index contributed by atoms with van der Waals surface area (Å²) in [7, 11) is 0. The van der Waals surface area contributed by atoms with Crippen molar-refractivity contribution in [2.45, 2.75) is 0 Å². The second kappa shape index (κ2) is 6.29. The first-order chi connectivity index (χ1) is 9.58. The maximum atomic E-state index is 11.7. The van der Waals surface area contributed by atoms with Crippen molar-refractivity contribution in [3.8, 4) is 5.75 Å². The van der Waals surface area contributed by atoms with Crippen LogP contribution >= 0.6 is 11.8 Å². The third-order valence-corrected chi connectivity index (χ3v) is 3.55. The Morgan fingerprint density at radius 1 is 1.05 bits per heavy atom. The van der Waals surface area contributed by atoms with Gasteiger partial charge in [0.05, 0.1) is 11.5 Å². The fourth-order valence-electron chi connectivity index (χ4n) is 1.82. The second-order valence-electron chi connectivity index (χ2n) is 4.11. The van der Waals surface area contributed by atoms with Gasteiger partial charge in [-0.05, 0) is 12.1 Å². The molecule has 0 aliphatic heterocycles. The smallest absolute Gasteiger partial charge is 0.313 e. The first-order valence-corrected chi connectivity index (χ1v) is 7.03. The number of phenols is 1. The van der Waals surface area contributed by atoms with Gasteiger partial charge in [0, 0.05) is 16.5 Å². The minimum atomic E-state index is -0.946. The number of carbonyl (C=O) groups is 2. The number of rotatable bonds is 5. The summed E-state index contributed by atoms with van der Waals surface area (Å²) in [4.78, 5) is 22.1. The molecule has 2 aromatic carbocycles. The monoisotopic (exact) mass is 291 g/mol. The molecule has 20 heavy (non-hydrogen) atoms. The number of carboxylic acid groups (broad SMARTS) is 1. The van der Waals surface area contributed by atoms with Gasteiger partial charge in [-0.1, -0.05) is 24.3 Å². The molecule has 2 aromatic rings. The van der Waals surface area contributed by atoms with Crippen LogP contribution in [0.5, 0.6) is 5.75 Å². The fraction of sp³-hybridized carbons (Fsp3) is 0.143. The van der Waals surface area contributed by atoms with Crippen LogP contribution < -0.4 is 5.32 Å². The molecule has 0 saturated carbocycles. The predicted octanol–water partition coefficient (Wildman–Crippen LogP) is 2.30. The van der Waals surface area contributed by atoms with E-state index in [1.165, 1.54) is 0 Å². The second-order valence-corrected chi connectivity index (χ2v) is 5.10. The summed E-state index contributed by atoms with van der Waals surface area (Å²) in [6, 6.07) is 10.3. The Kier molecular flexibility index (Phi) is 4.47. The van der Waals surface area contributed by atoms with Gasteiger partial charge in [-0.2, -0.15) is 0 Å². The van der Waals surface area contributed by atoms with Gasteiger partial charge in [0.2, 0.25) is 5.91 Å². The van der Waals surface area contributed by atoms with Crippen LogP contribution in [0.15, 0.2) is 36.4 Å². The van der Waals surface area contributed by atoms with E-state index in [9.17, 15) is 14.7 Å². The maximum absolute atomic E-state index is 11.7. The quantitative estimate of drug-likeness (QED) is 0.787. The van der Waals surface area contributed by atoms with Crippen LogP contribution in [0.2, 0.25) is 0 Å². The third-order valence-electron chi connectivity index (χ3n) is 2.63. The van der Waals surface area contributed by atoms with E-state index < -0.39 is 5.97 Å². The number of carbonyl (C=O) groups excluding carboxylic acids is 1. The SMILES string of the molecule is O=C(O)CSCC(=O)Nc1cccc2c(O)cccc12. The molecule has 0 fully saturated rings. The summed E-state index contributed by atoms with van der Waals surface area (Å²) in [6.07, 6.45) is 0. The van der Waals surface area contributed by atoms with Crippen LogP contribution in [0.25, 0.3) is 10.8 Å². The molecule has 5 nitrogen and oxygen atoms in total. The van der Waals surface area contributed by atoms with Crippen LogP contribution in [0.1, 0.15) is 0 Å². The van der Waals surface area contributed by atoms with Crippen molar-refractivity contribution < 1.29 is 19.8 Å². The number of nitrogens with one attached hydrogen (secondary N) is 1. The van der Waals surface area contributed by atoms with Gasteiger partial charge in [-0.3, -0.25) is 9.59 Å². The zero-order chi connectivity index (χ0) is 14.5. The molecule has 0 bridgehead atoms. The molecule has 0 saturated heterocycles. The Bertz CT molecular complexity index is 657. The van der Waals surface area contributed by atoms with E-state index in [1.54, 1.807) is 36.4 Å². The van der Waals surface area contributed by atoms with Crippen LogP contribution in [0, 0.1) is 0 Å². The van der Waals surface area contributed by atoms with Crippen molar-refractivity contribution in [3.63, 3.8) is 0 Å². The van der Waals surface area contributed by atoms with Gasteiger partial charge in [0.25, 0.3) is 0 Å². The van der Waals surface area contributed by atoms with Gasteiger partial charge in [0.1, 0.15) is 5.75 Å². The zero-order valence-corrected chi connectivity index (χ0v) is 11.3. The minimum absolute atomic E-state index is 0.0709. The molecular weight excluding hydrogens is 278 g/mol. The molecule has 0 spiro atoms. The van der Waals surface area contributed by atoms with Crippen LogP contribution in [-0.4, -0.2) is 33.6 Å². The Balaban J connectivity index is 2.12. The van der Waals surface area contributed by atoms with Gasteiger partial charge in [-0.15, -0.1) is 11.8 Å². The minimum Gasteiger partial charge on any atom is -0.507 e. The highest BCUT2D eigenvalue weighted by Crippen LogP contribution is 2.29. The molecule has 0 radical (unpaired) electrons.